The zero-order valence-corrected chi connectivity index (χ0v) is 17.7. The Morgan fingerprint density at radius 1 is 1.07 bits per heavy atom. The molecular formula is C22H23BClFN2O2. The second kappa shape index (κ2) is 7.28. The molecule has 0 spiro atoms. The molecule has 2 aromatic carbocycles. The molecule has 0 atom stereocenters. The minimum atomic E-state index is -1.05. The fraction of sp³-hybridized carbons (Fsp3) is 0.318. The Morgan fingerprint density at radius 2 is 1.69 bits per heavy atom. The Labute approximate surface area is 175 Å². The lowest BCUT2D eigenvalue weighted by atomic mass is 9.87. The molecule has 0 N–H and O–H groups in total. The maximum Gasteiger partial charge on any atom is 0.525 e. The standard InChI is InChI=1S/C22H23BClFN2O2/c1-21(2)22(3,4)29-23(28-21)19(25)13-20-26-17-7-5-6-8-18(17)27(20)14-15-9-11-16(24)12-10-15/h5-13H,14H2,1-4H3. The molecule has 0 bridgehead atoms. The number of hydrogen-bond donors (Lipinski definition) is 0. The van der Waals surface area contributed by atoms with Gasteiger partial charge in [-0.3, -0.25) is 0 Å². The highest BCUT2D eigenvalue weighted by Crippen LogP contribution is 2.39. The number of halogens is 2. The van der Waals surface area contributed by atoms with E-state index in [-0.39, 0.29) is 0 Å². The Bertz CT molecular complexity index is 1060. The normalized spacial score (nSPS) is 18.6. The van der Waals surface area contributed by atoms with Crippen molar-refractivity contribution in [2.24, 2.45) is 0 Å². The highest BCUT2D eigenvalue weighted by Gasteiger charge is 2.53. The van der Waals surface area contributed by atoms with Crippen LogP contribution < -0.4 is 0 Å². The van der Waals surface area contributed by atoms with Gasteiger partial charge in [0.2, 0.25) is 0 Å². The Kier molecular flexibility index (Phi) is 5.05. The first-order valence-electron chi connectivity index (χ1n) is 9.59. The zero-order chi connectivity index (χ0) is 20.8. The minimum Gasteiger partial charge on any atom is -0.398 e. The summed E-state index contributed by atoms with van der Waals surface area (Å²) in [6.07, 6.45) is 1.40. The second-order valence-corrected chi connectivity index (χ2v) is 8.73. The number of aromatic nitrogens is 2. The second-order valence-electron chi connectivity index (χ2n) is 8.29. The molecule has 7 heteroatoms. The first-order chi connectivity index (χ1) is 13.7. The molecule has 0 aliphatic carbocycles. The van der Waals surface area contributed by atoms with E-state index in [4.69, 9.17) is 20.9 Å². The van der Waals surface area contributed by atoms with Crippen LogP contribution in [0.25, 0.3) is 17.1 Å². The first-order valence-corrected chi connectivity index (χ1v) is 9.96. The van der Waals surface area contributed by atoms with Gasteiger partial charge in [-0.15, -0.1) is 0 Å². The Balaban J connectivity index is 1.72. The maximum absolute atomic E-state index is 15.1. The van der Waals surface area contributed by atoms with E-state index >= 15 is 4.39 Å². The summed E-state index contributed by atoms with van der Waals surface area (Å²) >= 11 is 6.00. The third kappa shape index (κ3) is 3.85. The van der Waals surface area contributed by atoms with Crippen molar-refractivity contribution < 1.29 is 13.7 Å². The molecule has 1 aromatic heterocycles. The summed E-state index contributed by atoms with van der Waals surface area (Å²) in [5, 5.41) is 0.677. The van der Waals surface area contributed by atoms with Crippen molar-refractivity contribution in [3.8, 4) is 0 Å². The number of imidazole rings is 1. The van der Waals surface area contributed by atoms with Crippen LogP contribution >= 0.6 is 11.6 Å². The topological polar surface area (TPSA) is 36.3 Å². The molecule has 150 valence electrons. The third-order valence-corrected chi connectivity index (χ3v) is 5.94. The molecule has 0 unspecified atom stereocenters. The summed E-state index contributed by atoms with van der Waals surface area (Å²) in [6, 6.07) is 15.3. The predicted octanol–water partition coefficient (Wildman–Crippen LogP) is 5.68. The number of rotatable bonds is 4. The molecule has 4 nitrogen and oxygen atoms in total. The highest BCUT2D eigenvalue weighted by atomic mass is 35.5. The van der Waals surface area contributed by atoms with Gasteiger partial charge in [-0.25, -0.2) is 9.37 Å². The molecule has 3 aromatic rings. The highest BCUT2D eigenvalue weighted by molar-refractivity contribution is 6.54. The van der Waals surface area contributed by atoms with E-state index in [0.717, 1.165) is 16.6 Å². The number of fused-ring (bicyclic) bond motifs is 1. The van der Waals surface area contributed by atoms with Crippen LogP contribution in [0.1, 0.15) is 39.1 Å². The molecule has 1 aliphatic heterocycles. The van der Waals surface area contributed by atoms with Gasteiger partial charge in [-0.05, 0) is 57.5 Å². The zero-order valence-electron chi connectivity index (χ0n) is 16.9. The van der Waals surface area contributed by atoms with E-state index in [1.165, 1.54) is 6.08 Å². The van der Waals surface area contributed by atoms with E-state index in [0.29, 0.717) is 17.4 Å². The van der Waals surface area contributed by atoms with Crippen LogP contribution in [0.4, 0.5) is 4.39 Å². The summed E-state index contributed by atoms with van der Waals surface area (Å²) in [6.45, 7) is 8.14. The van der Waals surface area contributed by atoms with Crippen molar-refractivity contribution in [2.45, 2.75) is 45.4 Å². The van der Waals surface area contributed by atoms with Crippen LogP contribution in [0.15, 0.2) is 54.3 Å². The largest absolute Gasteiger partial charge is 0.525 e. The van der Waals surface area contributed by atoms with E-state index in [9.17, 15) is 0 Å². The van der Waals surface area contributed by atoms with Gasteiger partial charge in [0.05, 0.1) is 22.2 Å². The summed E-state index contributed by atoms with van der Waals surface area (Å²) < 4.78 is 28.7. The number of hydrogen-bond acceptors (Lipinski definition) is 3. The van der Waals surface area contributed by atoms with Gasteiger partial charge in [0, 0.05) is 17.6 Å². The summed E-state index contributed by atoms with van der Waals surface area (Å²) in [5.41, 5.74) is 1.06. The van der Waals surface area contributed by atoms with E-state index in [2.05, 4.69) is 4.98 Å². The van der Waals surface area contributed by atoms with Gasteiger partial charge < -0.3 is 13.9 Å². The van der Waals surface area contributed by atoms with Crippen molar-refractivity contribution >= 4 is 35.8 Å². The van der Waals surface area contributed by atoms with Crippen LogP contribution in [0, 0.1) is 0 Å². The molecule has 1 fully saturated rings. The van der Waals surface area contributed by atoms with Crippen LogP contribution in [-0.2, 0) is 15.9 Å². The molecule has 4 rings (SSSR count). The van der Waals surface area contributed by atoms with Crippen molar-refractivity contribution in [2.75, 3.05) is 0 Å². The summed E-state index contributed by atoms with van der Waals surface area (Å²) in [7, 11) is -1.05. The monoisotopic (exact) mass is 412 g/mol. The number of nitrogens with zero attached hydrogens (tertiary/aromatic N) is 2. The van der Waals surface area contributed by atoms with Crippen molar-refractivity contribution in [3.63, 3.8) is 0 Å². The number of para-hydroxylation sites is 2. The van der Waals surface area contributed by atoms with Crippen molar-refractivity contribution in [1.29, 1.82) is 0 Å². The van der Waals surface area contributed by atoms with Crippen LogP contribution in [0.2, 0.25) is 5.02 Å². The van der Waals surface area contributed by atoms with Gasteiger partial charge in [-0.2, -0.15) is 0 Å². The van der Waals surface area contributed by atoms with E-state index in [1.807, 2.05) is 80.8 Å². The van der Waals surface area contributed by atoms with Gasteiger partial charge >= 0.3 is 7.12 Å². The van der Waals surface area contributed by atoms with E-state index in [1.54, 1.807) is 0 Å². The van der Waals surface area contributed by atoms with Gasteiger partial charge in [0.1, 0.15) is 11.6 Å². The van der Waals surface area contributed by atoms with Crippen molar-refractivity contribution in [3.05, 3.63) is 70.7 Å². The Morgan fingerprint density at radius 3 is 2.34 bits per heavy atom. The molecule has 1 aliphatic rings. The smallest absolute Gasteiger partial charge is 0.398 e. The van der Waals surface area contributed by atoms with E-state index < -0.39 is 24.0 Å². The van der Waals surface area contributed by atoms with Gasteiger partial charge in [0.25, 0.3) is 0 Å². The van der Waals surface area contributed by atoms with Crippen LogP contribution in [0.3, 0.4) is 0 Å². The van der Waals surface area contributed by atoms with Gasteiger partial charge in [0.15, 0.2) is 0 Å². The lowest BCUT2D eigenvalue weighted by Gasteiger charge is -2.32. The van der Waals surface area contributed by atoms with Gasteiger partial charge in [-0.1, -0.05) is 35.9 Å². The molecule has 2 heterocycles. The van der Waals surface area contributed by atoms with Crippen molar-refractivity contribution in [1.82, 2.24) is 9.55 Å². The minimum absolute atomic E-state index is 0.503. The molecule has 29 heavy (non-hydrogen) atoms. The van der Waals surface area contributed by atoms with Crippen LogP contribution in [0.5, 0.6) is 0 Å². The average molecular weight is 413 g/mol. The molecular weight excluding hydrogens is 390 g/mol. The molecule has 1 saturated heterocycles. The fourth-order valence-corrected chi connectivity index (χ4v) is 3.42. The summed E-state index contributed by atoms with van der Waals surface area (Å²) in [5.74, 6) is 0.508. The molecule has 0 amide bonds. The first kappa shape index (κ1) is 20.1. The Hall–Kier alpha value is -2.15. The third-order valence-electron chi connectivity index (χ3n) is 5.68. The lowest BCUT2D eigenvalue weighted by Crippen LogP contribution is -2.41. The average Bonchev–Trinajstić information content (AvgIpc) is 3.10. The lowest BCUT2D eigenvalue weighted by molar-refractivity contribution is 0.00578. The SMILES string of the molecule is CC1(C)OB(C(F)=Cc2nc3ccccc3n2Cc2ccc(Cl)cc2)OC1(C)C. The number of benzene rings is 2. The maximum atomic E-state index is 15.1. The van der Waals surface area contributed by atoms with Crippen LogP contribution in [-0.4, -0.2) is 27.9 Å². The quantitative estimate of drug-likeness (QED) is 0.517. The molecule has 0 radical (unpaired) electrons. The molecule has 0 saturated carbocycles. The summed E-state index contributed by atoms with van der Waals surface area (Å²) in [4.78, 5) is 4.62. The fourth-order valence-electron chi connectivity index (χ4n) is 3.29. The predicted molar refractivity (Wildman–Crippen MR) is 115 cm³/mol.